The molecule has 0 radical (unpaired) electrons. The fraction of sp³-hybridized carbons (Fsp3) is 0.143. The summed E-state index contributed by atoms with van der Waals surface area (Å²) in [5.74, 6) is -2.41. The van der Waals surface area contributed by atoms with Gasteiger partial charge in [-0.05, 0) is 29.8 Å². The van der Waals surface area contributed by atoms with Crippen LogP contribution in [0.2, 0.25) is 5.02 Å². The van der Waals surface area contributed by atoms with Gasteiger partial charge >= 0.3 is 0 Å². The number of halogens is 5. The summed E-state index contributed by atoms with van der Waals surface area (Å²) < 4.78 is 41.2. The summed E-state index contributed by atoms with van der Waals surface area (Å²) in [4.78, 5) is 0. The van der Waals surface area contributed by atoms with Crippen molar-refractivity contribution in [2.75, 3.05) is 0 Å². The molecule has 0 heterocycles. The van der Waals surface area contributed by atoms with Crippen LogP contribution in [-0.4, -0.2) is 5.11 Å². The third-order valence-corrected chi connectivity index (χ3v) is 3.50. The zero-order valence-electron chi connectivity index (χ0n) is 10.0. The van der Waals surface area contributed by atoms with Crippen molar-refractivity contribution >= 4 is 27.5 Å². The van der Waals surface area contributed by atoms with Gasteiger partial charge in [0, 0.05) is 15.9 Å². The molecule has 0 aliphatic rings. The van der Waals surface area contributed by atoms with E-state index in [9.17, 15) is 18.3 Å². The second kappa shape index (κ2) is 6.16. The van der Waals surface area contributed by atoms with Gasteiger partial charge in [0.05, 0.1) is 11.7 Å². The van der Waals surface area contributed by atoms with E-state index in [0.717, 1.165) is 18.2 Å². The molecule has 0 saturated carbocycles. The van der Waals surface area contributed by atoms with Gasteiger partial charge in [-0.15, -0.1) is 0 Å². The monoisotopic (exact) mass is 364 g/mol. The Morgan fingerprint density at radius 3 is 2.20 bits per heavy atom. The van der Waals surface area contributed by atoms with Crippen LogP contribution in [0.5, 0.6) is 0 Å². The molecule has 2 rings (SSSR count). The van der Waals surface area contributed by atoms with Gasteiger partial charge in [-0.1, -0.05) is 33.6 Å². The summed E-state index contributed by atoms with van der Waals surface area (Å²) in [5, 5.41) is 10.1. The molecular formula is C14H9BrClF3O. The minimum Gasteiger partial charge on any atom is -0.388 e. The molecule has 1 unspecified atom stereocenters. The van der Waals surface area contributed by atoms with Crippen LogP contribution in [-0.2, 0) is 6.42 Å². The molecule has 1 atom stereocenters. The molecular weight excluding hydrogens is 357 g/mol. The molecule has 0 saturated heterocycles. The Labute approximate surface area is 127 Å². The zero-order chi connectivity index (χ0) is 14.9. The molecule has 2 aromatic rings. The standard InChI is InChI=1S/C14H9BrClF3O/c15-8-4-11(18)14(12(19)5-8)13(20)3-7-1-2-9(16)6-10(7)17/h1-2,4-6,13,20H,3H2. The first-order valence-electron chi connectivity index (χ1n) is 5.65. The summed E-state index contributed by atoms with van der Waals surface area (Å²) >= 11 is 8.56. The number of hydrogen-bond donors (Lipinski definition) is 1. The summed E-state index contributed by atoms with van der Waals surface area (Å²) in [7, 11) is 0. The molecule has 0 spiro atoms. The second-order valence-corrected chi connectivity index (χ2v) is 5.59. The lowest BCUT2D eigenvalue weighted by Gasteiger charge is -2.14. The van der Waals surface area contributed by atoms with Crippen LogP contribution in [0.4, 0.5) is 13.2 Å². The highest BCUT2D eigenvalue weighted by Crippen LogP contribution is 2.28. The van der Waals surface area contributed by atoms with Crippen LogP contribution in [0, 0.1) is 17.5 Å². The van der Waals surface area contributed by atoms with Crippen molar-refractivity contribution in [2.24, 2.45) is 0 Å². The van der Waals surface area contributed by atoms with Gasteiger partial charge < -0.3 is 5.11 Å². The molecule has 0 bridgehead atoms. The molecule has 20 heavy (non-hydrogen) atoms. The maximum absolute atomic E-state index is 13.7. The maximum Gasteiger partial charge on any atom is 0.133 e. The van der Waals surface area contributed by atoms with Gasteiger partial charge in [-0.3, -0.25) is 0 Å². The number of aliphatic hydroxyl groups is 1. The highest BCUT2D eigenvalue weighted by molar-refractivity contribution is 9.10. The van der Waals surface area contributed by atoms with Crippen LogP contribution < -0.4 is 0 Å². The van der Waals surface area contributed by atoms with Gasteiger partial charge in [-0.2, -0.15) is 0 Å². The first kappa shape index (κ1) is 15.4. The lowest BCUT2D eigenvalue weighted by Crippen LogP contribution is -2.08. The quantitative estimate of drug-likeness (QED) is 0.829. The van der Waals surface area contributed by atoms with E-state index in [0.29, 0.717) is 0 Å². The summed E-state index contributed by atoms with van der Waals surface area (Å²) in [5.41, 5.74) is -0.355. The van der Waals surface area contributed by atoms with E-state index in [-0.39, 0.29) is 21.5 Å². The first-order chi connectivity index (χ1) is 9.38. The third-order valence-electron chi connectivity index (χ3n) is 2.81. The molecule has 0 amide bonds. The van der Waals surface area contributed by atoms with Gasteiger partial charge in [0.15, 0.2) is 0 Å². The van der Waals surface area contributed by atoms with Crippen molar-refractivity contribution in [1.82, 2.24) is 0 Å². The molecule has 106 valence electrons. The Morgan fingerprint density at radius 1 is 1.05 bits per heavy atom. The lowest BCUT2D eigenvalue weighted by molar-refractivity contribution is 0.167. The Kier molecular flexibility index (Phi) is 4.73. The SMILES string of the molecule is OC(Cc1ccc(Cl)cc1F)c1c(F)cc(Br)cc1F. The number of aliphatic hydroxyl groups excluding tert-OH is 1. The van der Waals surface area contributed by atoms with Crippen molar-refractivity contribution in [3.05, 3.63) is 68.4 Å². The van der Waals surface area contributed by atoms with Gasteiger partial charge in [0.2, 0.25) is 0 Å². The van der Waals surface area contributed by atoms with E-state index in [1.165, 1.54) is 12.1 Å². The van der Waals surface area contributed by atoms with Crippen molar-refractivity contribution < 1.29 is 18.3 Å². The largest absolute Gasteiger partial charge is 0.388 e. The lowest BCUT2D eigenvalue weighted by atomic mass is 10.00. The van der Waals surface area contributed by atoms with E-state index in [1.54, 1.807) is 0 Å². The first-order valence-corrected chi connectivity index (χ1v) is 6.82. The predicted molar refractivity (Wildman–Crippen MR) is 74.1 cm³/mol. The van der Waals surface area contributed by atoms with E-state index < -0.39 is 29.1 Å². The fourth-order valence-corrected chi connectivity index (χ4v) is 2.43. The zero-order valence-corrected chi connectivity index (χ0v) is 12.4. The van der Waals surface area contributed by atoms with Crippen LogP contribution in [0.25, 0.3) is 0 Å². The van der Waals surface area contributed by atoms with Crippen molar-refractivity contribution in [1.29, 1.82) is 0 Å². The van der Waals surface area contributed by atoms with Gasteiger partial charge in [-0.25, -0.2) is 13.2 Å². The Morgan fingerprint density at radius 2 is 1.65 bits per heavy atom. The second-order valence-electron chi connectivity index (χ2n) is 4.24. The maximum atomic E-state index is 13.7. The minimum absolute atomic E-state index is 0.128. The summed E-state index contributed by atoms with van der Waals surface area (Å²) in [6.07, 6.45) is -1.74. The summed E-state index contributed by atoms with van der Waals surface area (Å²) in [6.45, 7) is 0. The van der Waals surface area contributed by atoms with Crippen LogP contribution >= 0.6 is 27.5 Å². The average Bonchev–Trinajstić information content (AvgIpc) is 2.31. The number of hydrogen-bond acceptors (Lipinski definition) is 1. The molecule has 0 aromatic heterocycles. The average molecular weight is 366 g/mol. The third kappa shape index (κ3) is 3.34. The molecule has 0 aliphatic heterocycles. The van der Waals surface area contributed by atoms with Crippen molar-refractivity contribution in [2.45, 2.75) is 12.5 Å². The highest BCUT2D eigenvalue weighted by atomic mass is 79.9. The highest BCUT2D eigenvalue weighted by Gasteiger charge is 2.20. The van der Waals surface area contributed by atoms with Gasteiger partial charge in [0.1, 0.15) is 17.5 Å². The molecule has 0 fully saturated rings. The van der Waals surface area contributed by atoms with E-state index >= 15 is 0 Å². The molecule has 6 heteroatoms. The number of benzene rings is 2. The molecule has 1 N–H and O–H groups in total. The van der Waals surface area contributed by atoms with Crippen molar-refractivity contribution in [3.8, 4) is 0 Å². The van der Waals surface area contributed by atoms with Crippen LogP contribution in [0.3, 0.4) is 0 Å². The van der Waals surface area contributed by atoms with Crippen LogP contribution in [0.1, 0.15) is 17.2 Å². The van der Waals surface area contributed by atoms with E-state index in [1.807, 2.05) is 0 Å². The van der Waals surface area contributed by atoms with Crippen molar-refractivity contribution in [3.63, 3.8) is 0 Å². The molecule has 1 nitrogen and oxygen atoms in total. The topological polar surface area (TPSA) is 20.2 Å². The van der Waals surface area contributed by atoms with E-state index in [2.05, 4.69) is 15.9 Å². The molecule has 0 aliphatic carbocycles. The minimum atomic E-state index is -1.49. The van der Waals surface area contributed by atoms with Crippen LogP contribution in [0.15, 0.2) is 34.8 Å². The fourth-order valence-electron chi connectivity index (χ4n) is 1.87. The number of rotatable bonds is 3. The Bertz CT molecular complexity index is 625. The Balaban J connectivity index is 2.31. The normalized spacial score (nSPS) is 12.5. The molecule has 2 aromatic carbocycles. The van der Waals surface area contributed by atoms with Gasteiger partial charge in [0.25, 0.3) is 0 Å². The Hall–Kier alpha value is -1.04. The predicted octanol–water partition coefficient (Wildman–Crippen LogP) is 4.80. The van der Waals surface area contributed by atoms with E-state index in [4.69, 9.17) is 11.6 Å². The summed E-state index contributed by atoms with van der Waals surface area (Å²) in [6, 6.07) is 5.98. The smallest absolute Gasteiger partial charge is 0.133 e.